The summed E-state index contributed by atoms with van der Waals surface area (Å²) in [6.07, 6.45) is 3.99. The predicted octanol–water partition coefficient (Wildman–Crippen LogP) is 3.67. The van der Waals surface area contributed by atoms with Crippen LogP contribution in [0, 0.1) is 0 Å². The monoisotopic (exact) mass is 319 g/mol. The maximum absolute atomic E-state index is 13.0. The molecule has 1 aromatic rings. The molecule has 3 N–H and O–H groups in total. The van der Waals surface area contributed by atoms with Crippen molar-refractivity contribution in [2.24, 2.45) is 5.84 Å². The molecule has 2 rings (SSSR count). The van der Waals surface area contributed by atoms with E-state index in [1.54, 1.807) is 11.8 Å². The second-order valence-electron chi connectivity index (χ2n) is 5.27. The van der Waals surface area contributed by atoms with Gasteiger partial charge in [-0.25, -0.2) is 0 Å². The average Bonchev–Trinajstić information content (AvgIpc) is 2.48. The highest BCUT2D eigenvalue weighted by molar-refractivity contribution is 7.99. The molecule has 0 saturated heterocycles. The summed E-state index contributed by atoms with van der Waals surface area (Å²) in [4.78, 5) is 3.82. The summed E-state index contributed by atoms with van der Waals surface area (Å²) in [7, 11) is 0. The van der Waals surface area contributed by atoms with E-state index < -0.39 is 17.8 Å². The van der Waals surface area contributed by atoms with Crippen LogP contribution in [0.2, 0.25) is 0 Å². The molecule has 1 aliphatic rings. The molecule has 1 aromatic heterocycles. The summed E-state index contributed by atoms with van der Waals surface area (Å²) in [6.45, 7) is 0. The molecular formula is C14H20F3N3S. The molecule has 3 nitrogen and oxygen atoms in total. The Hall–Kier alpha value is -0.790. The molecule has 1 fully saturated rings. The number of aromatic nitrogens is 1. The molecule has 21 heavy (non-hydrogen) atoms. The molecule has 0 aromatic carbocycles. The Kier molecular flexibility index (Phi) is 5.89. The summed E-state index contributed by atoms with van der Waals surface area (Å²) < 4.78 is 39.1. The maximum Gasteiger partial charge on any atom is 0.416 e. The van der Waals surface area contributed by atoms with Crippen molar-refractivity contribution in [1.29, 1.82) is 0 Å². The summed E-state index contributed by atoms with van der Waals surface area (Å²) in [6, 6.07) is 0.465. The van der Waals surface area contributed by atoms with Crippen LogP contribution in [0.1, 0.15) is 49.3 Å². The normalized spacial score (nSPS) is 18.7. The van der Waals surface area contributed by atoms with Crippen molar-refractivity contribution in [3.8, 4) is 0 Å². The average molecular weight is 319 g/mol. The molecule has 1 aliphatic carbocycles. The van der Waals surface area contributed by atoms with E-state index in [9.17, 15) is 13.2 Å². The topological polar surface area (TPSA) is 50.9 Å². The molecule has 1 saturated carbocycles. The number of nitrogens with one attached hydrogen (secondary N) is 1. The van der Waals surface area contributed by atoms with Gasteiger partial charge in [0.05, 0.1) is 11.6 Å². The first-order valence-corrected chi connectivity index (χ1v) is 8.16. The Labute approximate surface area is 126 Å². The van der Waals surface area contributed by atoms with Gasteiger partial charge in [-0.05, 0) is 18.9 Å². The Balaban J connectivity index is 2.06. The van der Waals surface area contributed by atoms with Crippen LogP contribution in [0.4, 0.5) is 13.2 Å². The zero-order valence-electron chi connectivity index (χ0n) is 11.7. The number of nitrogens with zero attached hydrogens (tertiary/aromatic N) is 1. The first-order chi connectivity index (χ1) is 10.0. The fourth-order valence-electron chi connectivity index (χ4n) is 2.63. The molecule has 0 amide bonds. The molecule has 1 unspecified atom stereocenters. The first-order valence-electron chi connectivity index (χ1n) is 7.11. The van der Waals surface area contributed by atoms with E-state index >= 15 is 0 Å². The Morgan fingerprint density at radius 3 is 2.67 bits per heavy atom. The van der Waals surface area contributed by atoms with Crippen LogP contribution < -0.4 is 11.3 Å². The van der Waals surface area contributed by atoms with Crippen molar-refractivity contribution in [1.82, 2.24) is 10.4 Å². The largest absolute Gasteiger partial charge is 0.416 e. The van der Waals surface area contributed by atoms with Gasteiger partial charge in [0.1, 0.15) is 0 Å². The molecule has 0 aliphatic heterocycles. The number of alkyl halides is 3. The van der Waals surface area contributed by atoms with Gasteiger partial charge in [-0.3, -0.25) is 16.3 Å². The lowest BCUT2D eigenvalue weighted by Gasteiger charge is -2.25. The van der Waals surface area contributed by atoms with Gasteiger partial charge < -0.3 is 0 Å². The number of hydrogen-bond donors (Lipinski definition) is 2. The molecule has 0 radical (unpaired) electrons. The Morgan fingerprint density at radius 1 is 1.33 bits per heavy atom. The predicted molar refractivity (Wildman–Crippen MR) is 78.6 cm³/mol. The fourth-order valence-corrected chi connectivity index (χ4v) is 4.04. The van der Waals surface area contributed by atoms with Crippen molar-refractivity contribution >= 4 is 11.8 Å². The molecule has 1 atom stereocenters. The van der Waals surface area contributed by atoms with E-state index in [0.717, 1.165) is 25.1 Å². The standard InChI is InChI=1S/C14H20F3N3S/c15-14(16,17)12-6-7-19-8-11(12)13(20-18)9-21-10-4-2-1-3-5-10/h6-8,10,13,20H,1-5,9,18H2. The van der Waals surface area contributed by atoms with Gasteiger partial charge in [-0.15, -0.1) is 0 Å². The zero-order chi connectivity index (χ0) is 15.3. The molecule has 1 heterocycles. The molecule has 118 valence electrons. The number of nitrogens with two attached hydrogens (primary N) is 1. The van der Waals surface area contributed by atoms with Crippen LogP contribution in [-0.2, 0) is 6.18 Å². The SMILES string of the molecule is NNC(CSC1CCCCC1)c1cnccc1C(F)(F)F. The van der Waals surface area contributed by atoms with Crippen LogP contribution in [0.5, 0.6) is 0 Å². The summed E-state index contributed by atoms with van der Waals surface area (Å²) in [5.74, 6) is 6.00. The third-order valence-electron chi connectivity index (χ3n) is 3.78. The molecule has 0 spiro atoms. The number of rotatable bonds is 5. The smallest absolute Gasteiger partial charge is 0.271 e. The second-order valence-corrected chi connectivity index (χ2v) is 6.61. The number of halogens is 3. The van der Waals surface area contributed by atoms with Gasteiger partial charge in [-0.1, -0.05) is 19.3 Å². The zero-order valence-corrected chi connectivity index (χ0v) is 12.5. The van der Waals surface area contributed by atoms with Crippen molar-refractivity contribution in [2.75, 3.05) is 5.75 Å². The summed E-state index contributed by atoms with van der Waals surface area (Å²) in [5.41, 5.74) is 1.97. The van der Waals surface area contributed by atoms with Gasteiger partial charge in [0.15, 0.2) is 0 Å². The maximum atomic E-state index is 13.0. The molecule has 0 bridgehead atoms. The van der Waals surface area contributed by atoms with Crippen molar-refractivity contribution in [2.45, 2.75) is 49.6 Å². The van der Waals surface area contributed by atoms with Gasteiger partial charge in [0, 0.05) is 29.0 Å². The van der Waals surface area contributed by atoms with Gasteiger partial charge in [-0.2, -0.15) is 24.9 Å². The van der Waals surface area contributed by atoms with E-state index in [-0.39, 0.29) is 5.56 Å². The Bertz CT molecular complexity index is 447. The van der Waals surface area contributed by atoms with E-state index in [1.165, 1.54) is 25.5 Å². The van der Waals surface area contributed by atoms with Crippen LogP contribution in [-0.4, -0.2) is 16.0 Å². The fraction of sp³-hybridized carbons (Fsp3) is 0.643. The summed E-state index contributed by atoms with van der Waals surface area (Å²) in [5, 5.41) is 0.528. The highest BCUT2D eigenvalue weighted by atomic mass is 32.2. The van der Waals surface area contributed by atoms with Crippen molar-refractivity contribution in [3.63, 3.8) is 0 Å². The van der Waals surface area contributed by atoms with Gasteiger partial charge >= 0.3 is 6.18 Å². The van der Waals surface area contributed by atoms with Crippen LogP contribution in [0.3, 0.4) is 0 Å². The van der Waals surface area contributed by atoms with E-state index in [1.807, 2.05) is 0 Å². The molecular weight excluding hydrogens is 299 g/mol. The highest BCUT2D eigenvalue weighted by Crippen LogP contribution is 2.36. The summed E-state index contributed by atoms with van der Waals surface area (Å²) >= 11 is 1.71. The van der Waals surface area contributed by atoms with Gasteiger partial charge in [0.25, 0.3) is 0 Å². The number of thioether (sulfide) groups is 1. The minimum Gasteiger partial charge on any atom is -0.271 e. The van der Waals surface area contributed by atoms with Crippen LogP contribution >= 0.6 is 11.8 Å². The van der Waals surface area contributed by atoms with Gasteiger partial charge in [0.2, 0.25) is 0 Å². The van der Waals surface area contributed by atoms with E-state index in [2.05, 4.69) is 10.4 Å². The van der Waals surface area contributed by atoms with Crippen molar-refractivity contribution in [3.05, 3.63) is 29.6 Å². The van der Waals surface area contributed by atoms with Crippen molar-refractivity contribution < 1.29 is 13.2 Å². The lowest BCUT2D eigenvalue weighted by molar-refractivity contribution is -0.138. The number of hydrogen-bond acceptors (Lipinski definition) is 4. The number of pyridine rings is 1. The molecule has 7 heteroatoms. The lowest BCUT2D eigenvalue weighted by Crippen LogP contribution is -2.32. The van der Waals surface area contributed by atoms with Crippen LogP contribution in [0.25, 0.3) is 0 Å². The minimum atomic E-state index is -4.39. The third-order valence-corrected chi connectivity index (χ3v) is 5.25. The Morgan fingerprint density at radius 2 is 2.05 bits per heavy atom. The third kappa shape index (κ3) is 4.59. The second kappa shape index (κ2) is 7.47. The minimum absolute atomic E-state index is 0.121. The van der Waals surface area contributed by atoms with Crippen LogP contribution in [0.15, 0.2) is 18.5 Å². The lowest BCUT2D eigenvalue weighted by atomic mass is 10.0. The first kappa shape index (κ1) is 16.6. The quantitative estimate of drug-likeness (QED) is 0.642. The van der Waals surface area contributed by atoms with E-state index in [0.29, 0.717) is 11.0 Å². The highest BCUT2D eigenvalue weighted by Gasteiger charge is 2.35. The van der Waals surface area contributed by atoms with E-state index in [4.69, 9.17) is 5.84 Å². The number of hydrazine groups is 1.